The summed E-state index contributed by atoms with van der Waals surface area (Å²) >= 11 is 0. The first-order chi connectivity index (χ1) is 28.3. The van der Waals surface area contributed by atoms with Gasteiger partial charge in [-0.05, 0) is 80.4 Å². The molecule has 0 saturated carbocycles. The molecule has 2 nitrogen and oxygen atoms in total. The zero-order valence-corrected chi connectivity index (χ0v) is 32.3. The zero-order chi connectivity index (χ0) is 37.8. The van der Waals surface area contributed by atoms with Gasteiger partial charge in [-0.2, -0.15) is 0 Å². The van der Waals surface area contributed by atoms with Crippen LogP contribution in [0.25, 0.3) is 66.1 Å². The summed E-state index contributed by atoms with van der Waals surface area (Å²) in [4.78, 5) is 0. The standard InChI is InChI=1S/C54H38N2Si/c1-5-18-39(19-6-1)40-32-35-45(36-33-40)57(43-22-9-3-10-23-43,44-24-11-4-12-25-44)53-31-17-30-52-54(53)47-27-14-16-29-50(47)56(52)42-34-37-51-48(38-42)46-26-13-15-28-49(46)55(51)41-20-7-2-8-21-41/h1-38H. The van der Waals surface area contributed by atoms with E-state index in [9.17, 15) is 0 Å². The molecule has 2 heterocycles. The van der Waals surface area contributed by atoms with Crippen LogP contribution in [-0.2, 0) is 0 Å². The van der Waals surface area contributed by atoms with E-state index in [1.54, 1.807) is 0 Å². The fourth-order valence-corrected chi connectivity index (χ4v) is 14.4. The number of fused-ring (bicyclic) bond motifs is 6. The normalized spacial score (nSPS) is 11.9. The Kier molecular flexibility index (Phi) is 7.87. The summed E-state index contributed by atoms with van der Waals surface area (Å²) in [6.45, 7) is 0. The first-order valence-corrected chi connectivity index (χ1v) is 21.7. The van der Waals surface area contributed by atoms with Gasteiger partial charge in [-0.3, -0.25) is 0 Å². The van der Waals surface area contributed by atoms with Crippen LogP contribution in [-0.4, -0.2) is 17.2 Å². The van der Waals surface area contributed by atoms with Gasteiger partial charge in [0, 0.05) is 32.9 Å². The van der Waals surface area contributed by atoms with Gasteiger partial charge in [0.05, 0.1) is 22.1 Å². The fourth-order valence-electron chi connectivity index (χ4n) is 9.45. The van der Waals surface area contributed by atoms with Gasteiger partial charge in [-0.25, -0.2) is 0 Å². The van der Waals surface area contributed by atoms with Crippen LogP contribution >= 0.6 is 0 Å². The van der Waals surface area contributed by atoms with Crippen LogP contribution in [0.1, 0.15) is 0 Å². The van der Waals surface area contributed by atoms with Crippen LogP contribution in [0.4, 0.5) is 0 Å². The van der Waals surface area contributed by atoms with Crippen molar-refractivity contribution in [3.63, 3.8) is 0 Å². The van der Waals surface area contributed by atoms with Crippen LogP contribution in [0.2, 0.25) is 0 Å². The number of hydrogen-bond acceptors (Lipinski definition) is 0. The molecule has 0 radical (unpaired) electrons. The molecule has 0 unspecified atom stereocenters. The van der Waals surface area contributed by atoms with Gasteiger partial charge >= 0.3 is 0 Å². The first-order valence-electron chi connectivity index (χ1n) is 19.7. The van der Waals surface area contributed by atoms with Crippen molar-refractivity contribution in [2.45, 2.75) is 0 Å². The Balaban J connectivity index is 1.22. The summed E-state index contributed by atoms with van der Waals surface area (Å²) in [5.41, 5.74) is 9.59. The average molecular weight is 743 g/mol. The second-order valence-corrected chi connectivity index (χ2v) is 18.6. The number of hydrogen-bond donors (Lipinski definition) is 0. The summed E-state index contributed by atoms with van der Waals surface area (Å²) in [6, 6.07) is 85.3. The molecule has 11 aromatic rings. The van der Waals surface area contributed by atoms with E-state index < -0.39 is 8.07 Å². The molecule has 11 rings (SSSR count). The second kappa shape index (κ2) is 13.5. The van der Waals surface area contributed by atoms with E-state index in [1.165, 1.54) is 75.5 Å². The van der Waals surface area contributed by atoms with Crippen molar-refractivity contribution in [3.05, 3.63) is 231 Å². The highest BCUT2D eigenvalue weighted by Gasteiger charge is 2.43. The average Bonchev–Trinajstić information content (AvgIpc) is 3.81. The first kappa shape index (κ1) is 33.2. The lowest BCUT2D eigenvalue weighted by Gasteiger charge is -2.35. The quantitative estimate of drug-likeness (QED) is 0.114. The molecule has 0 N–H and O–H groups in total. The minimum absolute atomic E-state index is 1.15. The van der Waals surface area contributed by atoms with Gasteiger partial charge in [0.25, 0.3) is 0 Å². The maximum atomic E-state index is 2.50. The lowest BCUT2D eigenvalue weighted by molar-refractivity contribution is 1.17. The van der Waals surface area contributed by atoms with Crippen molar-refractivity contribution >= 4 is 72.4 Å². The van der Waals surface area contributed by atoms with Crippen LogP contribution in [0.15, 0.2) is 231 Å². The summed E-state index contributed by atoms with van der Waals surface area (Å²) in [5.74, 6) is 0. The zero-order valence-electron chi connectivity index (χ0n) is 31.3. The monoisotopic (exact) mass is 742 g/mol. The van der Waals surface area contributed by atoms with Crippen molar-refractivity contribution in [2.24, 2.45) is 0 Å². The highest BCUT2D eigenvalue weighted by Crippen LogP contribution is 2.37. The molecule has 0 fully saturated rings. The Morgan fingerprint density at radius 3 is 1.42 bits per heavy atom. The number of rotatable bonds is 7. The van der Waals surface area contributed by atoms with Gasteiger partial charge in [0.1, 0.15) is 0 Å². The molecule has 57 heavy (non-hydrogen) atoms. The van der Waals surface area contributed by atoms with Crippen LogP contribution in [0.5, 0.6) is 0 Å². The maximum absolute atomic E-state index is 2.92. The molecule has 0 spiro atoms. The fraction of sp³-hybridized carbons (Fsp3) is 0. The Morgan fingerprint density at radius 2 is 0.754 bits per heavy atom. The third-order valence-electron chi connectivity index (χ3n) is 11.9. The van der Waals surface area contributed by atoms with E-state index >= 15 is 0 Å². The van der Waals surface area contributed by atoms with Gasteiger partial charge < -0.3 is 9.13 Å². The minimum atomic E-state index is -2.92. The predicted octanol–water partition coefficient (Wildman–Crippen LogP) is 10.9. The largest absolute Gasteiger partial charge is 0.309 e. The molecule has 0 bridgehead atoms. The molecular formula is C54H38N2Si. The highest BCUT2D eigenvalue weighted by molar-refractivity contribution is 7.20. The Hall–Kier alpha value is -7.20. The van der Waals surface area contributed by atoms with Gasteiger partial charge in [-0.1, -0.05) is 182 Å². The lowest BCUT2D eigenvalue weighted by atomic mass is 10.1. The molecule has 3 heteroatoms. The van der Waals surface area contributed by atoms with Crippen LogP contribution in [0, 0.1) is 0 Å². The molecule has 0 atom stereocenters. The molecule has 268 valence electrons. The Morgan fingerprint density at radius 1 is 0.281 bits per heavy atom. The smallest absolute Gasteiger partial charge is 0.180 e. The van der Waals surface area contributed by atoms with Crippen LogP contribution < -0.4 is 20.7 Å². The molecule has 0 saturated heterocycles. The molecular weight excluding hydrogens is 705 g/mol. The number of para-hydroxylation sites is 3. The van der Waals surface area contributed by atoms with E-state index in [4.69, 9.17) is 0 Å². The second-order valence-electron chi connectivity index (χ2n) is 14.9. The van der Waals surface area contributed by atoms with Crippen molar-refractivity contribution in [3.8, 4) is 22.5 Å². The van der Waals surface area contributed by atoms with E-state index in [0.717, 1.165) is 11.4 Å². The van der Waals surface area contributed by atoms with E-state index in [2.05, 4.69) is 240 Å². The van der Waals surface area contributed by atoms with Crippen molar-refractivity contribution < 1.29 is 0 Å². The SMILES string of the molecule is c1ccc(-c2ccc([Si](c3ccccc3)(c3ccccc3)c3cccc4c3c3ccccc3n4-c3ccc4c(c3)c3ccccc3n4-c3ccccc3)cc2)cc1. The Bertz CT molecular complexity index is 3160. The molecule has 0 aliphatic rings. The lowest BCUT2D eigenvalue weighted by Crippen LogP contribution is -2.74. The number of benzene rings is 9. The Labute approximate surface area is 333 Å². The summed E-state index contributed by atoms with van der Waals surface area (Å²) in [5, 5.41) is 10.5. The van der Waals surface area contributed by atoms with Gasteiger partial charge in [-0.15, -0.1) is 0 Å². The maximum Gasteiger partial charge on any atom is 0.180 e. The van der Waals surface area contributed by atoms with E-state index in [-0.39, 0.29) is 0 Å². The summed E-state index contributed by atoms with van der Waals surface area (Å²) < 4.78 is 4.89. The van der Waals surface area contributed by atoms with Crippen molar-refractivity contribution in [1.82, 2.24) is 9.13 Å². The molecule has 0 aliphatic heterocycles. The van der Waals surface area contributed by atoms with E-state index in [1.807, 2.05) is 0 Å². The molecule has 9 aromatic carbocycles. The van der Waals surface area contributed by atoms with Gasteiger partial charge in [0.2, 0.25) is 0 Å². The molecule has 0 amide bonds. The van der Waals surface area contributed by atoms with Crippen LogP contribution in [0.3, 0.4) is 0 Å². The molecule has 2 aromatic heterocycles. The predicted molar refractivity (Wildman–Crippen MR) is 244 cm³/mol. The number of nitrogens with zero attached hydrogens (tertiary/aromatic N) is 2. The van der Waals surface area contributed by atoms with E-state index in [0.29, 0.717) is 0 Å². The highest BCUT2D eigenvalue weighted by atomic mass is 28.3. The topological polar surface area (TPSA) is 9.86 Å². The summed E-state index contributed by atoms with van der Waals surface area (Å²) in [7, 11) is -2.92. The minimum Gasteiger partial charge on any atom is -0.309 e. The third kappa shape index (κ3) is 5.17. The third-order valence-corrected chi connectivity index (χ3v) is 16.7. The van der Waals surface area contributed by atoms with Crippen molar-refractivity contribution in [2.75, 3.05) is 0 Å². The number of aromatic nitrogens is 2. The van der Waals surface area contributed by atoms with Gasteiger partial charge in [0.15, 0.2) is 8.07 Å². The van der Waals surface area contributed by atoms with Crippen molar-refractivity contribution in [1.29, 1.82) is 0 Å². The summed E-state index contributed by atoms with van der Waals surface area (Å²) in [6.07, 6.45) is 0. The molecule has 0 aliphatic carbocycles.